The molecule has 0 bridgehead atoms. The summed E-state index contributed by atoms with van der Waals surface area (Å²) in [6, 6.07) is 4.36. The van der Waals surface area contributed by atoms with Crippen LogP contribution in [0, 0.1) is 0 Å². The van der Waals surface area contributed by atoms with Crippen molar-refractivity contribution in [2.45, 2.75) is 6.92 Å². The lowest BCUT2D eigenvalue weighted by Crippen LogP contribution is -2.31. The van der Waals surface area contributed by atoms with Crippen LogP contribution in [0.25, 0.3) is 0 Å². The zero-order valence-electron chi connectivity index (χ0n) is 10.5. The lowest BCUT2D eigenvalue weighted by molar-refractivity contribution is -0.122. The summed E-state index contributed by atoms with van der Waals surface area (Å²) in [5, 5.41) is 5.12. The van der Waals surface area contributed by atoms with Crippen molar-refractivity contribution in [3.63, 3.8) is 0 Å². The standard InChI is InChI=1S/C12H13ClN2O4/c1-7(16)14-6-11(17)15-10-5-8(12(18)19-2)3-4-9(10)13/h3-5H,6H2,1-2H3,(H,14,16)(H,15,17). The second kappa shape index (κ2) is 6.75. The molecule has 1 rings (SSSR count). The highest BCUT2D eigenvalue weighted by Gasteiger charge is 2.11. The Kier molecular flexibility index (Phi) is 5.32. The van der Waals surface area contributed by atoms with E-state index in [4.69, 9.17) is 11.6 Å². The quantitative estimate of drug-likeness (QED) is 0.814. The lowest BCUT2D eigenvalue weighted by Gasteiger charge is -2.09. The molecule has 102 valence electrons. The fourth-order valence-electron chi connectivity index (χ4n) is 1.27. The summed E-state index contributed by atoms with van der Waals surface area (Å²) < 4.78 is 4.56. The normalized spacial score (nSPS) is 9.63. The van der Waals surface area contributed by atoms with Gasteiger partial charge in [-0.25, -0.2) is 4.79 Å². The third-order valence-corrected chi connectivity index (χ3v) is 2.49. The van der Waals surface area contributed by atoms with Crippen LogP contribution < -0.4 is 10.6 Å². The second-order valence-electron chi connectivity index (χ2n) is 3.64. The van der Waals surface area contributed by atoms with Gasteiger partial charge >= 0.3 is 5.97 Å². The second-order valence-corrected chi connectivity index (χ2v) is 4.05. The minimum absolute atomic E-state index is 0.173. The number of nitrogens with one attached hydrogen (secondary N) is 2. The van der Waals surface area contributed by atoms with E-state index >= 15 is 0 Å². The van der Waals surface area contributed by atoms with Gasteiger partial charge in [-0.05, 0) is 18.2 Å². The number of ether oxygens (including phenoxy) is 1. The smallest absolute Gasteiger partial charge is 0.337 e. The van der Waals surface area contributed by atoms with Gasteiger partial charge in [0.25, 0.3) is 0 Å². The zero-order valence-corrected chi connectivity index (χ0v) is 11.2. The Morgan fingerprint density at radius 3 is 2.58 bits per heavy atom. The van der Waals surface area contributed by atoms with Gasteiger partial charge in [0.2, 0.25) is 11.8 Å². The number of benzene rings is 1. The maximum absolute atomic E-state index is 11.5. The summed E-state index contributed by atoms with van der Waals surface area (Å²) >= 11 is 5.90. The van der Waals surface area contributed by atoms with E-state index < -0.39 is 11.9 Å². The molecule has 0 heterocycles. The van der Waals surface area contributed by atoms with E-state index in [9.17, 15) is 14.4 Å². The van der Waals surface area contributed by atoms with Crippen molar-refractivity contribution < 1.29 is 19.1 Å². The van der Waals surface area contributed by atoms with Crippen molar-refractivity contribution in [3.8, 4) is 0 Å². The Balaban J connectivity index is 2.79. The van der Waals surface area contributed by atoms with E-state index in [-0.39, 0.29) is 28.7 Å². The highest BCUT2D eigenvalue weighted by Crippen LogP contribution is 2.23. The number of anilines is 1. The molecule has 2 N–H and O–H groups in total. The highest BCUT2D eigenvalue weighted by atomic mass is 35.5. The first-order chi connectivity index (χ1) is 8.93. The highest BCUT2D eigenvalue weighted by molar-refractivity contribution is 6.33. The Hall–Kier alpha value is -2.08. The van der Waals surface area contributed by atoms with Crippen molar-refractivity contribution in [1.29, 1.82) is 0 Å². The molecule has 0 aliphatic heterocycles. The van der Waals surface area contributed by atoms with Crippen molar-refractivity contribution in [2.24, 2.45) is 0 Å². The molecule has 1 aromatic carbocycles. The fraction of sp³-hybridized carbons (Fsp3) is 0.250. The number of carbonyl (C=O) groups excluding carboxylic acids is 3. The van der Waals surface area contributed by atoms with Crippen molar-refractivity contribution >= 4 is 35.1 Å². The summed E-state index contributed by atoms with van der Waals surface area (Å²) in [5.41, 5.74) is 0.543. The van der Waals surface area contributed by atoms with Crippen LogP contribution in [0.15, 0.2) is 18.2 Å². The van der Waals surface area contributed by atoms with E-state index in [2.05, 4.69) is 15.4 Å². The van der Waals surface area contributed by atoms with Crippen LogP contribution in [-0.4, -0.2) is 31.4 Å². The number of hydrogen-bond acceptors (Lipinski definition) is 4. The van der Waals surface area contributed by atoms with E-state index in [1.54, 1.807) is 0 Å². The van der Waals surface area contributed by atoms with E-state index in [1.165, 1.54) is 32.2 Å². The van der Waals surface area contributed by atoms with Crippen LogP contribution >= 0.6 is 11.6 Å². The minimum Gasteiger partial charge on any atom is -0.465 e. The molecule has 0 aliphatic carbocycles. The average Bonchev–Trinajstić information content (AvgIpc) is 2.38. The molecule has 0 saturated heterocycles. The van der Waals surface area contributed by atoms with Crippen molar-refractivity contribution in [3.05, 3.63) is 28.8 Å². The number of methoxy groups -OCH3 is 1. The third-order valence-electron chi connectivity index (χ3n) is 2.16. The van der Waals surface area contributed by atoms with E-state index in [0.29, 0.717) is 0 Å². The molecule has 7 heteroatoms. The summed E-state index contributed by atoms with van der Waals surface area (Å²) in [6.45, 7) is 1.13. The summed E-state index contributed by atoms with van der Waals surface area (Å²) in [5.74, 6) is -1.29. The molecule has 0 radical (unpaired) electrons. The van der Waals surface area contributed by atoms with Gasteiger partial charge in [0.15, 0.2) is 0 Å². The molecule has 6 nitrogen and oxygen atoms in total. The lowest BCUT2D eigenvalue weighted by atomic mass is 10.2. The summed E-state index contributed by atoms with van der Waals surface area (Å²) in [6.07, 6.45) is 0. The van der Waals surface area contributed by atoms with Crippen LogP contribution in [0.3, 0.4) is 0 Å². The molecule has 0 aromatic heterocycles. The van der Waals surface area contributed by atoms with Gasteiger partial charge in [-0.2, -0.15) is 0 Å². The molecule has 0 aliphatic rings. The molecular formula is C12H13ClN2O4. The molecule has 0 fully saturated rings. The number of esters is 1. The number of carbonyl (C=O) groups is 3. The molecule has 0 atom stereocenters. The molecule has 1 aromatic rings. The number of halogens is 1. The zero-order chi connectivity index (χ0) is 14.4. The number of hydrogen-bond donors (Lipinski definition) is 2. The van der Waals surface area contributed by atoms with Gasteiger partial charge < -0.3 is 15.4 Å². The Morgan fingerprint density at radius 1 is 1.32 bits per heavy atom. The predicted octanol–water partition coefficient (Wildman–Crippen LogP) is 1.20. The van der Waals surface area contributed by atoms with Gasteiger partial charge in [-0.3, -0.25) is 9.59 Å². The first kappa shape index (κ1) is 15.0. The van der Waals surface area contributed by atoms with Crippen molar-refractivity contribution in [1.82, 2.24) is 5.32 Å². The number of amides is 2. The number of rotatable bonds is 4. The maximum atomic E-state index is 11.5. The Labute approximate surface area is 115 Å². The fourth-order valence-corrected chi connectivity index (χ4v) is 1.43. The van der Waals surface area contributed by atoms with Crippen LogP contribution in [0.5, 0.6) is 0 Å². The van der Waals surface area contributed by atoms with Crippen LogP contribution in [-0.2, 0) is 14.3 Å². The monoisotopic (exact) mass is 284 g/mol. The van der Waals surface area contributed by atoms with Gasteiger partial charge in [0, 0.05) is 6.92 Å². The van der Waals surface area contributed by atoms with E-state index in [1.807, 2.05) is 0 Å². The SMILES string of the molecule is COC(=O)c1ccc(Cl)c(NC(=O)CNC(C)=O)c1. The summed E-state index contributed by atoms with van der Waals surface area (Å²) in [7, 11) is 1.26. The minimum atomic E-state index is -0.533. The largest absolute Gasteiger partial charge is 0.465 e. The van der Waals surface area contributed by atoms with Gasteiger partial charge in [-0.15, -0.1) is 0 Å². The molecule has 2 amide bonds. The van der Waals surface area contributed by atoms with Gasteiger partial charge in [0.1, 0.15) is 0 Å². The van der Waals surface area contributed by atoms with Gasteiger partial charge in [0.05, 0.1) is 29.9 Å². The third kappa shape index (κ3) is 4.59. The first-order valence-electron chi connectivity index (χ1n) is 5.36. The topological polar surface area (TPSA) is 84.5 Å². The maximum Gasteiger partial charge on any atom is 0.337 e. The van der Waals surface area contributed by atoms with Crippen molar-refractivity contribution in [2.75, 3.05) is 19.0 Å². The van der Waals surface area contributed by atoms with Crippen LogP contribution in [0.1, 0.15) is 17.3 Å². The molecule has 19 heavy (non-hydrogen) atoms. The molecule has 0 unspecified atom stereocenters. The van der Waals surface area contributed by atoms with Crippen LogP contribution in [0.2, 0.25) is 5.02 Å². The molecule has 0 saturated carbocycles. The summed E-state index contributed by atoms with van der Waals surface area (Å²) in [4.78, 5) is 33.5. The van der Waals surface area contributed by atoms with Gasteiger partial charge in [-0.1, -0.05) is 11.6 Å². The van der Waals surface area contributed by atoms with E-state index in [0.717, 1.165) is 0 Å². The average molecular weight is 285 g/mol. The Morgan fingerprint density at radius 2 is 2.00 bits per heavy atom. The first-order valence-corrected chi connectivity index (χ1v) is 5.74. The Bertz CT molecular complexity index is 516. The predicted molar refractivity (Wildman–Crippen MR) is 70.1 cm³/mol. The molecule has 0 spiro atoms. The molecular weight excluding hydrogens is 272 g/mol. The van der Waals surface area contributed by atoms with Crippen LogP contribution in [0.4, 0.5) is 5.69 Å².